The molecular weight excluding hydrogens is 284 g/mol. The molecule has 102 valence electrons. The van der Waals surface area contributed by atoms with Gasteiger partial charge in [-0.2, -0.15) is 0 Å². The summed E-state index contributed by atoms with van der Waals surface area (Å²) in [6.07, 6.45) is 0. The Hall–Kier alpha value is -2.60. The molecule has 1 aromatic heterocycles. The number of benzene rings is 1. The van der Waals surface area contributed by atoms with Crippen molar-refractivity contribution in [3.8, 4) is 11.1 Å². The van der Waals surface area contributed by atoms with Crippen molar-refractivity contribution in [2.45, 2.75) is 0 Å². The number of pyridine rings is 1. The lowest BCUT2D eigenvalue weighted by atomic mass is 10.0. The lowest BCUT2D eigenvalue weighted by Crippen LogP contribution is -2.06. The van der Waals surface area contributed by atoms with Gasteiger partial charge in [0.15, 0.2) is 5.69 Å². The van der Waals surface area contributed by atoms with Gasteiger partial charge in [-0.05, 0) is 29.8 Å². The predicted octanol–water partition coefficient (Wildman–Crippen LogP) is 2.38. The fraction of sp³-hybridized carbons (Fsp3) is 0. The van der Waals surface area contributed by atoms with E-state index in [2.05, 4.69) is 4.98 Å². The number of carboxylic acid groups (broad SMARTS) is 2. The molecule has 0 saturated carbocycles. The Balaban J connectivity index is 2.66. The number of carboxylic acids is 2. The van der Waals surface area contributed by atoms with Crippen molar-refractivity contribution >= 4 is 29.4 Å². The molecule has 0 fully saturated rings. The zero-order valence-electron chi connectivity index (χ0n) is 10.0. The van der Waals surface area contributed by atoms with Gasteiger partial charge in [0.2, 0.25) is 0 Å². The van der Waals surface area contributed by atoms with E-state index in [1.165, 1.54) is 30.3 Å². The largest absolute Gasteiger partial charge is 0.478 e. The lowest BCUT2D eigenvalue weighted by molar-refractivity contribution is 0.0684. The van der Waals surface area contributed by atoms with Gasteiger partial charge in [0, 0.05) is 5.56 Å². The van der Waals surface area contributed by atoms with E-state index in [4.69, 9.17) is 27.5 Å². The maximum Gasteiger partial charge on any atom is 0.355 e. The molecule has 2 rings (SSSR count). The average Bonchev–Trinajstić information content (AvgIpc) is 2.39. The summed E-state index contributed by atoms with van der Waals surface area (Å²) < 4.78 is 0. The van der Waals surface area contributed by atoms with Gasteiger partial charge in [0.25, 0.3) is 0 Å². The molecule has 0 aliphatic carbocycles. The number of hydrogen-bond acceptors (Lipinski definition) is 4. The second-order valence-corrected chi connectivity index (χ2v) is 4.34. The first-order valence-corrected chi connectivity index (χ1v) is 5.81. The number of rotatable bonds is 3. The number of nitrogens with two attached hydrogens (primary N) is 1. The number of carbonyl (C=O) groups is 2. The van der Waals surface area contributed by atoms with Crippen LogP contribution in [0.5, 0.6) is 0 Å². The third-order valence-corrected chi connectivity index (χ3v) is 2.96. The van der Waals surface area contributed by atoms with Crippen molar-refractivity contribution in [1.82, 2.24) is 4.98 Å². The Kier molecular flexibility index (Phi) is 3.58. The molecule has 0 unspecified atom stereocenters. The highest BCUT2D eigenvalue weighted by Gasteiger charge is 2.16. The second kappa shape index (κ2) is 5.18. The summed E-state index contributed by atoms with van der Waals surface area (Å²) in [6.45, 7) is 0. The molecule has 0 aliphatic rings. The second-order valence-electron chi connectivity index (χ2n) is 3.94. The highest BCUT2D eigenvalue weighted by atomic mass is 35.5. The van der Waals surface area contributed by atoms with Crippen molar-refractivity contribution in [3.05, 3.63) is 46.6 Å². The number of nitrogens with zero attached hydrogens (tertiary/aromatic N) is 1. The molecule has 0 spiro atoms. The molecule has 0 radical (unpaired) electrons. The third-order valence-electron chi connectivity index (χ3n) is 2.63. The van der Waals surface area contributed by atoms with E-state index < -0.39 is 11.9 Å². The Morgan fingerprint density at radius 1 is 1.10 bits per heavy atom. The Labute approximate surface area is 118 Å². The minimum absolute atomic E-state index is 0.0681. The highest BCUT2D eigenvalue weighted by Crippen LogP contribution is 2.28. The predicted molar refractivity (Wildman–Crippen MR) is 73.0 cm³/mol. The summed E-state index contributed by atoms with van der Waals surface area (Å²) >= 11 is 5.77. The van der Waals surface area contributed by atoms with Crippen molar-refractivity contribution in [2.75, 3.05) is 5.73 Å². The number of halogens is 1. The van der Waals surface area contributed by atoms with Gasteiger partial charge >= 0.3 is 11.9 Å². The van der Waals surface area contributed by atoms with Crippen LogP contribution in [0.3, 0.4) is 0 Å². The molecule has 0 atom stereocenters. The SMILES string of the molecule is Nc1ccc(-c2ccc(Cl)c(C(=O)O)c2)c(C(=O)O)n1. The summed E-state index contributed by atoms with van der Waals surface area (Å²) in [7, 11) is 0. The number of nitrogen functional groups attached to an aromatic ring is 1. The molecule has 0 amide bonds. The van der Waals surface area contributed by atoms with Crippen LogP contribution in [-0.4, -0.2) is 27.1 Å². The first-order valence-electron chi connectivity index (χ1n) is 5.43. The van der Waals surface area contributed by atoms with E-state index in [0.717, 1.165) is 0 Å². The molecule has 0 saturated heterocycles. The van der Waals surface area contributed by atoms with Gasteiger partial charge in [0.05, 0.1) is 10.6 Å². The van der Waals surface area contributed by atoms with Crippen molar-refractivity contribution in [2.24, 2.45) is 0 Å². The van der Waals surface area contributed by atoms with E-state index in [1.807, 2.05) is 0 Å². The van der Waals surface area contributed by atoms with Gasteiger partial charge in [-0.3, -0.25) is 0 Å². The smallest absolute Gasteiger partial charge is 0.355 e. The fourth-order valence-electron chi connectivity index (χ4n) is 1.73. The fourth-order valence-corrected chi connectivity index (χ4v) is 1.93. The van der Waals surface area contributed by atoms with E-state index in [1.54, 1.807) is 0 Å². The van der Waals surface area contributed by atoms with E-state index in [0.29, 0.717) is 5.56 Å². The van der Waals surface area contributed by atoms with Gasteiger partial charge in [0.1, 0.15) is 5.82 Å². The molecule has 4 N–H and O–H groups in total. The quantitative estimate of drug-likeness (QED) is 0.800. The van der Waals surface area contributed by atoms with Crippen LogP contribution in [0.25, 0.3) is 11.1 Å². The number of aromatic nitrogens is 1. The Bertz CT molecular complexity index is 716. The zero-order chi connectivity index (χ0) is 14.9. The molecule has 7 heteroatoms. The van der Waals surface area contributed by atoms with Crippen LogP contribution in [0, 0.1) is 0 Å². The summed E-state index contributed by atoms with van der Waals surface area (Å²) in [5, 5.41) is 18.2. The maximum atomic E-state index is 11.2. The molecular formula is C13H9ClN2O4. The minimum atomic E-state index is -1.25. The summed E-state index contributed by atoms with van der Waals surface area (Å²) in [6, 6.07) is 7.12. The van der Waals surface area contributed by atoms with Gasteiger partial charge in [-0.25, -0.2) is 14.6 Å². The monoisotopic (exact) mass is 292 g/mol. The number of aromatic carboxylic acids is 2. The van der Waals surface area contributed by atoms with Crippen LogP contribution in [0.2, 0.25) is 5.02 Å². The normalized spacial score (nSPS) is 10.2. The van der Waals surface area contributed by atoms with E-state index in [-0.39, 0.29) is 27.7 Å². The Morgan fingerprint density at radius 2 is 1.80 bits per heavy atom. The summed E-state index contributed by atoms with van der Waals surface area (Å²) in [5.74, 6) is -2.38. The van der Waals surface area contributed by atoms with Gasteiger partial charge < -0.3 is 15.9 Å². The molecule has 1 heterocycles. The summed E-state index contributed by atoms with van der Waals surface area (Å²) in [5.41, 5.74) is 5.75. The lowest BCUT2D eigenvalue weighted by Gasteiger charge is -2.08. The zero-order valence-corrected chi connectivity index (χ0v) is 10.8. The maximum absolute atomic E-state index is 11.2. The first-order chi connectivity index (χ1) is 9.40. The number of hydrogen-bond donors (Lipinski definition) is 3. The van der Waals surface area contributed by atoms with E-state index >= 15 is 0 Å². The molecule has 0 aliphatic heterocycles. The molecule has 20 heavy (non-hydrogen) atoms. The molecule has 6 nitrogen and oxygen atoms in total. The standard InChI is InChI=1S/C13H9ClN2O4/c14-9-3-1-6(5-8(9)12(17)18)7-2-4-10(15)16-11(7)13(19)20/h1-5H,(H2,15,16)(H,17,18)(H,19,20). The van der Waals surface area contributed by atoms with Crippen LogP contribution in [0.4, 0.5) is 5.82 Å². The average molecular weight is 293 g/mol. The molecule has 2 aromatic rings. The minimum Gasteiger partial charge on any atom is -0.478 e. The third kappa shape index (κ3) is 2.55. The highest BCUT2D eigenvalue weighted by molar-refractivity contribution is 6.33. The van der Waals surface area contributed by atoms with Gasteiger partial charge in [-0.1, -0.05) is 17.7 Å². The van der Waals surface area contributed by atoms with Crippen LogP contribution in [-0.2, 0) is 0 Å². The van der Waals surface area contributed by atoms with Crippen LogP contribution < -0.4 is 5.73 Å². The first kappa shape index (κ1) is 13.8. The molecule has 0 bridgehead atoms. The molecule has 1 aromatic carbocycles. The van der Waals surface area contributed by atoms with Gasteiger partial charge in [-0.15, -0.1) is 0 Å². The van der Waals surface area contributed by atoms with Crippen molar-refractivity contribution in [1.29, 1.82) is 0 Å². The van der Waals surface area contributed by atoms with Crippen LogP contribution >= 0.6 is 11.6 Å². The van der Waals surface area contributed by atoms with E-state index in [9.17, 15) is 9.59 Å². The van der Waals surface area contributed by atoms with Crippen molar-refractivity contribution in [3.63, 3.8) is 0 Å². The summed E-state index contributed by atoms with van der Waals surface area (Å²) in [4.78, 5) is 26.0. The van der Waals surface area contributed by atoms with Crippen molar-refractivity contribution < 1.29 is 19.8 Å². The number of anilines is 1. The topological polar surface area (TPSA) is 114 Å². The van der Waals surface area contributed by atoms with Crippen LogP contribution in [0.15, 0.2) is 30.3 Å². The Morgan fingerprint density at radius 3 is 2.40 bits per heavy atom. The van der Waals surface area contributed by atoms with Crippen LogP contribution in [0.1, 0.15) is 20.8 Å².